The minimum Gasteiger partial charge on any atom is -0.316 e. The summed E-state index contributed by atoms with van der Waals surface area (Å²) in [7, 11) is 1.94. The molecule has 16 heavy (non-hydrogen) atoms. The number of hydrogen-bond acceptors (Lipinski definition) is 1. The number of likely N-dealkylation sites (N-methyl/N-ethyl adjacent to an activating group) is 1. The molecule has 1 fully saturated rings. The summed E-state index contributed by atoms with van der Waals surface area (Å²) in [6, 6.07) is 5.10. The van der Waals surface area contributed by atoms with Crippen LogP contribution in [0.3, 0.4) is 0 Å². The Morgan fingerprint density at radius 3 is 2.75 bits per heavy atom. The van der Waals surface area contributed by atoms with Crippen LogP contribution in [0.5, 0.6) is 0 Å². The Morgan fingerprint density at radius 2 is 2.19 bits per heavy atom. The highest BCUT2D eigenvalue weighted by Gasteiger charge is 2.44. The van der Waals surface area contributed by atoms with E-state index in [2.05, 4.69) is 12.2 Å². The molecule has 0 spiro atoms. The molecule has 0 aromatic heterocycles. The first kappa shape index (κ1) is 11.9. The van der Waals surface area contributed by atoms with Crippen LogP contribution < -0.4 is 5.32 Å². The van der Waals surface area contributed by atoms with Gasteiger partial charge in [0.15, 0.2) is 0 Å². The topological polar surface area (TPSA) is 12.0 Å². The fourth-order valence-electron chi connectivity index (χ4n) is 2.16. The van der Waals surface area contributed by atoms with Crippen molar-refractivity contribution in [3.63, 3.8) is 0 Å². The molecule has 1 aromatic carbocycles. The predicted octanol–water partition coefficient (Wildman–Crippen LogP) is 3.41. The van der Waals surface area contributed by atoms with E-state index in [0.29, 0.717) is 28.5 Å². The molecule has 1 unspecified atom stereocenters. The molecule has 0 radical (unpaired) electrons. The van der Waals surface area contributed by atoms with Gasteiger partial charge in [-0.2, -0.15) is 0 Å². The fraction of sp³-hybridized carbons (Fsp3) is 0.538. The van der Waals surface area contributed by atoms with Crippen LogP contribution in [0.25, 0.3) is 0 Å². The minimum atomic E-state index is -0.158. The third-order valence-electron chi connectivity index (χ3n) is 3.66. The van der Waals surface area contributed by atoms with Gasteiger partial charge in [-0.25, -0.2) is 4.39 Å². The van der Waals surface area contributed by atoms with Crippen molar-refractivity contribution in [1.29, 1.82) is 0 Å². The number of halogens is 2. The molecule has 1 aliphatic carbocycles. The van der Waals surface area contributed by atoms with E-state index < -0.39 is 0 Å². The number of rotatable bonds is 4. The average molecular weight is 242 g/mol. The summed E-state index contributed by atoms with van der Waals surface area (Å²) in [5.41, 5.74) is 1.05. The summed E-state index contributed by atoms with van der Waals surface area (Å²) in [5.74, 6) is -0.158. The molecule has 1 N–H and O–H groups in total. The Balaban J connectivity index is 2.15. The van der Waals surface area contributed by atoms with Crippen molar-refractivity contribution < 1.29 is 4.39 Å². The lowest BCUT2D eigenvalue weighted by molar-refractivity contribution is 0.372. The molecule has 88 valence electrons. The predicted molar refractivity (Wildman–Crippen MR) is 65.3 cm³/mol. The van der Waals surface area contributed by atoms with Gasteiger partial charge < -0.3 is 5.32 Å². The third kappa shape index (κ3) is 2.38. The Morgan fingerprint density at radius 1 is 1.50 bits per heavy atom. The highest BCUT2D eigenvalue weighted by atomic mass is 35.5. The Bertz CT molecular complexity index is 388. The van der Waals surface area contributed by atoms with Crippen molar-refractivity contribution in [3.05, 3.63) is 34.6 Å². The summed E-state index contributed by atoms with van der Waals surface area (Å²) >= 11 is 5.89. The van der Waals surface area contributed by atoms with Crippen LogP contribution >= 0.6 is 11.6 Å². The van der Waals surface area contributed by atoms with E-state index in [9.17, 15) is 4.39 Å². The van der Waals surface area contributed by atoms with Crippen molar-refractivity contribution in [3.8, 4) is 0 Å². The molecule has 2 rings (SSSR count). The van der Waals surface area contributed by atoms with E-state index in [4.69, 9.17) is 11.6 Å². The van der Waals surface area contributed by atoms with E-state index in [1.54, 1.807) is 12.1 Å². The first-order valence-electron chi connectivity index (χ1n) is 5.66. The fourth-order valence-corrected chi connectivity index (χ4v) is 2.36. The second kappa shape index (κ2) is 4.34. The van der Waals surface area contributed by atoms with Crippen molar-refractivity contribution >= 4 is 11.6 Å². The van der Waals surface area contributed by atoms with Crippen molar-refractivity contribution in [2.24, 2.45) is 5.41 Å². The monoisotopic (exact) mass is 241 g/mol. The lowest BCUT2D eigenvalue weighted by Gasteiger charge is -2.23. The smallest absolute Gasteiger partial charge is 0.126 e. The van der Waals surface area contributed by atoms with Crippen LogP contribution in [0.15, 0.2) is 18.2 Å². The SMILES string of the molecule is CNC(Cc1cc(Cl)ccc1F)C1(C)CC1. The molecular formula is C13H17ClFN. The van der Waals surface area contributed by atoms with Crippen LogP contribution in [-0.4, -0.2) is 13.1 Å². The minimum absolute atomic E-state index is 0.158. The van der Waals surface area contributed by atoms with Gasteiger partial charge in [0.2, 0.25) is 0 Å². The number of hydrogen-bond donors (Lipinski definition) is 1. The molecule has 1 saturated carbocycles. The quantitative estimate of drug-likeness (QED) is 0.852. The number of nitrogens with one attached hydrogen (secondary N) is 1. The van der Waals surface area contributed by atoms with Gasteiger partial charge in [0, 0.05) is 11.1 Å². The second-order valence-electron chi connectivity index (χ2n) is 4.94. The Hall–Kier alpha value is -0.600. The van der Waals surface area contributed by atoms with Crippen LogP contribution in [0.4, 0.5) is 4.39 Å². The number of benzene rings is 1. The summed E-state index contributed by atoms with van der Waals surface area (Å²) in [4.78, 5) is 0. The first-order chi connectivity index (χ1) is 7.55. The van der Waals surface area contributed by atoms with Crippen LogP contribution in [-0.2, 0) is 6.42 Å². The molecule has 3 heteroatoms. The molecule has 0 heterocycles. The molecule has 1 aliphatic rings. The average Bonchev–Trinajstić information content (AvgIpc) is 2.99. The Labute approximate surface area is 101 Å². The zero-order chi connectivity index (χ0) is 11.8. The lowest BCUT2D eigenvalue weighted by atomic mass is 9.92. The molecule has 0 saturated heterocycles. The van der Waals surface area contributed by atoms with Crippen LogP contribution in [0.2, 0.25) is 5.02 Å². The van der Waals surface area contributed by atoms with E-state index in [1.807, 2.05) is 7.05 Å². The molecule has 0 amide bonds. The zero-order valence-electron chi connectivity index (χ0n) is 9.69. The van der Waals surface area contributed by atoms with Crippen LogP contribution in [0.1, 0.15) is 25.3 Å². The van der Waals surface area contributed by atoms with Crippen molar-refractivity contribution in [2.75, 3.05) is 7.05 Å². The Kier molecular flexibility index (Phi) is 3.22. The van der Waals surface area contributed by atoms with Gasteiger partial charge in [0.1, 0.15) is 5.82 Å². The molecular weight excluding hydrogens is 225 g/mol. The van der Waals surface area contributed by atoms with Gasteiger partial charge in [-0.05, 0) is 55.5 Å². The second-order valence-corrected chi connectivity index (χ2v) is 5.37. The van der Waals surface area contributed by atoms with E-state index in [1.165, 1.54) is 18.9 Å². The highest BCUT2D eigenvalue weighted by molar-refractivity contribution is 6.30. The molecule has 0 aliphatic heterocycles. The highest BCUT2D eigenvalue weighted by Crippen LogP contribution is 2.48. The summed E-state index contributed by atoms with van der Waals surface area (Å²) in [6.45, 7) is 2.25. The van der Waals surface area contributed by atoms with Gasteiger partial charge in [0.05, 0.1) is 0 Å². The molecule has 1 atom stereocenters. The molecule has 0 bridgehead atoms. The first-order valence-corrected chi connectivity index (χ1v) is 6.04. The van der Waals surface area contributed by atoms with Crippen molar-refractivity contribution in [1.82, 2.24) is 5.32 Å². The summed E-state index contributed by atoms with van der Waals surface area (Å²) < 4.78 is 13.6. The maximum atomic E-state index is 13.6. The molecule has 1 aromatic rings. The van der Waals surface area contributed by atoms with Crippen molar-refractivity contribution in [2.45, 2.75) is 32.2 Å². The summed E-state index contributed by atoms with van der Waals surface area (Å²) in [6.07, 6.45) is 3.15. The van der Waals surface area contributed by atoms with Gasteiger partial charge in [0.25, 0.3) is 0 Å². The van der Waals surface area contributed by atoms with Gasteiger partial charge in [-0.3, -0.25) is 0 Å². The van der Waals surface area contributed by atoms with E-state index in [-0.39, 0.29) is 5.82 Å². The third-order valence-corrected chi connectivity index (χ3v) is 3.90. The molecule has 1 nitrogen and oxygen atoms in total. The maximum absolute atomic E-state index is 13.6. The normalized spacial score (nSPS) is 19.5. The maximum Gasteiger partial charge on any atom is 0.126 e. The van der Waals surface area contributed by atoms with Gasteiger partial charge in [-0.1, -0.05) is 18.5 Å². The largest absolute Gasteiger partial charge is 0.316 e. The van der Waals surface area contributed by atoms with E-state index in [0.717, 1.165) is 0 Å². The van der Waals surface area contributed by atoms with Gasteiger partial charge in [-0.15, -0.1) is 0 Å². The van der Waals surface area contributed by atoms with Crippen LogP contribution in [0, 0.1) is 11.2 Å². The van der Waals surface area contributed by atoms with Gasteiger partial charge >= 0.3 is 0 Å². The summed E-state index contributed by atoms with van der Waals surface area (Å²) in [5, 5.41) is 3.89. The zero-order valence-corrected chi connectivity index (χ0v) is 10.4. The van der Waals surface area contributed by atoms with E-state index >= 15 is 0 Å². The lowest BCUT2D eigenvalue weighted by Crippen LogP contribution is -2.35. The standard InChI is InChI=1S/C13H17ClFN/c1-13(5-6-13)12(16-2)8-9-7-10(14)3-4-11(9)15/h3-4,7,12,16H,5-6,8H2,1-2H3.